The maximum Gasteiger partial charge on any atom is 0.0968 e. The van der Waals surface area contributed by atoms with E-state index in [2.05, 4.69) is 34.8 Å². The molecule has 0 fully saturated rings. The van der Waals surface area contributed by atoms with E-state index in [-0.39, 0.29) is 0 Å². The molecule has 3 nitrogen and oxygen atoms in total. The van der Waals surface area contributed by atoms with Crippen LogP contribution < -0.4 is 0 Å². The number of likely N-dealkylation sites (N-methyl/N-ethyl adjacent to an activating group) is 1. The fourth-order valence-electron chi connectivity index (χ4n) is 2.11. The Morgan fingerprint density at radius 1 is 1.53 bits per heavy atom. The first-order valence-corrected chi connectivity index (χ1v) is 5.96. The van der Waals surface area contributed by atoms with Crippen molar-refractivity contribution >= 4 is 5.57 Å². The number of hydrogen-bond donors (Lipinski definition) is 1. The van der Waals surface area contributed by atoms with Crippen LogP contribution in [0.1, 0.15) is 23.9 Å². The third-order valence-corrected chi connectivity index (χ3v) is 3.09. The second-order valence-electron chi connectivity index (χ2n) is 4.37. The first-order valence-electron chi connectivity index (χ1n) is 5.96. The number of nitrogens with one attached hydrogen (secondary N) is 1. The minimum absolute atomic E-state index is 0.961. The van der Waals surface area contributed by atoms with Gasteiger partial charge in [0.05, 0.1) is 5.69 Å². The lowest BCUT2D eigenvalue weighted by Crippen LogP contribution is -2.26. The molecule has 2 heterocycles. The van der Waals surface area contributed by atoms with Crippen molar-refractivity contribution < 1.29 is 0 Å². The second kappa shape index (κ2) is 5.15. The van der Waals surface area contributed by atoms with Crippen LogP contribution in [-0.2, 0) is 13.0 Å². The highest BCUT2D eigenvalue weighted by Crippen LogP contribution is 2.25. The molecular formula is C14H19N3. The predicted octanol–water partition coefficient (Wildman–Crippen LogP) is 2.54. The Labute approximate surface area is 103 Å². The van der Waals surface area contributed by atoms with Crippen molar-refractivity contribution in [2.75, 3.05) is 13.6 Å². The molecule has 0 atom stereocenters. The van der Waals surface area contributed by atoms with E-state index in [0.29, 0.717) is 0 Å². The van der Waals surface area contributed by atoms with Gasteiger partial charge in [0, 0.05) is 36.3 Å². The number of fused-ring (bicyclic) bond motifs is 1. The summed E-state index contributed by atoms with van der Waals surface area (Å²) in [5.41, 5.74) is 4.70. The van der Waals surface area contributed by atoms with E-state index in [1.54, 1.807) is 0 Å². The van der Waals surface area contributed by atoms with Gasteiger partial charge in [-0.05, 0) is 14.0 Å². The van der Waals surface area contributed by atoms with Crippen molar-refractivity contribution in [2.24, 2.45) is 0 Å². The maximum absolute atomic E-state index is 4.43. The average molecular weight is 229 g/mol. The number of allylic oxidation sites excluding steroid dienone is 5. The number of aromatic nitrogens is 2. The minimum atomic E-state index is 0.961. The normalized spacial score (nSPS) is 17.4. The van der Waals surface area contributed by atoms with Gasteiger partial charge in [-0.15, -0.1) is 0 Å². The third-order valence-electron chi connectivity index (χ3n) is 3.09. The molecule has 0 bridgehead atoms. The van der Waals surface area contributed by atoms with E-state index in [0.717, 1.165) is 30.8 Å². The molecule has 1 N–H and O–H groups in total. The van der Waals surface area contributed by atoms with Crippen LogP contribution in [0.2, 0.25) is 0 Å². The summed E-state index contributed by atoms with van der Waals surface area (Å²) in [5, 5.41) is 7.58. The van der Waals surface area contributed by atoms with Crippen LogP contribution in [0.3, 0.4) is 0 Å². The molecule has 0 radical (unpaired) electrons. The summed E-state index contributed by atoms with van der Waals surface area (Å²) < 4.78 is 0. The van der Waals surface area contributed by atoms with E-state index in [1.165, 1.54) is 11.3 Å². The summed E-state index contributed by atoms with van der Waals surface area (Å²) >= 11 is 0. The molecule has 0 aromatic carbocycles. The average Bonchev–Trinajstić information content (AvgIpc) is 2.73. The molecule has 90 valence electrons. The van der Waals surface area contributed by atoms with Gasteiger partial charge in [0.25, 0.3) is 0 Å². The molecule has 0 saturated heterocycles. The number of H-pyrrole nitrogens is 1. The number of aromatic amines is 1. The van der Waals surface area contributed by atoms with Crippen LogP contribution in [0, 0.1) is 0 Å². The largest absolute Gasteiger partial charge is 0.302 e. The molecule has 17 heavy (non-hydrogen) atoms. The van der Waals surface area contributed by atoms with E-state index in [1.807, 2.05) is 25.2 Å². The smallest absolute Gasteiger partial charge is 0.0968 e. The summed E-state index contributed by atoms with van der Waals surface area (Å²) in [5.74, 6) is 0. The van der Waals surface area contributed by atoms with Crippen LogP contribution in [0.5, 0.6) is 0 Å². The summed E-state index contributed by atoms with van der Waals surface area (Å²) in [7, 11) is 2.14. The zero-order valence-electron chi connectivity index (χ0n) is 10.5. The maximum atomic E-state index is 4.43. The highest BCUT2D eigenvalue weighted by molar-refractivity contribution is 5.74. The monoisotopic (exact) mass is 229 g/mol. The molecule has 0 amide bonds. The SMILES string of the molecule is C=C/C(=C\C=C/C)c1n[nH]c2c1CN(C)CC2. The lowest BCUT2D eigenvalue weighted by molar-refractivity contribution is 0.311. The summed E-state index contributed by atoms with van der Waals surface area (Å²) in [6.45, 7) is 7.93. The van der Waals surface area contributed by atoms with E-state index < -0.39 is 0 Å². The zero-order valence-corrected chi connectivity index (χ0v) is 10.5. The summed E-state index contributed by atoms with van der Waals surface area (Å²) in [6.07, 6.45) is 9.00. The molecule has 1 aliphatic heterocycles. The van der Waals surface area contributed by atoms with Gasteiger partial charge in [-0.1, -0.05) is 30.9 Å². The Morgan fingerprint density at radius 3 is 3.06 bits per heavy atom. The first kappa shape index (κ1) is 11.9. The molecule has 0 spiro atoms. The molecule has 1 aromatic heterocycles. The highest BCUT2D eigenvalue weighted by atomic mass is 15.2. The van der Waals surface area contributed by atoms with Crippen LogP contribution in [-0.4, -0.2) is 28.7 Å². The molecule has 0 aliphatic carbocycles. The topological polar surface area (TPSA) is 31.9 Å². The quantitative estimate of drug-likeness (QED) is 0.808. The summed E-state index contributed by atoms with van der Waals surface area (Å²) in [6, 6.07) is 0. The second-order valence-corrected chi connectivity index (χ2v) is 4.37. The van der Waals surface area contributed by atoms with Crippen molar-refractivity contribution in [1.29, 1.82) is 0 Å². The Hall–Kier alpha value is -1.61. The minimum Gasteiger partial charge on any atom is -0.302 e. The molecule has 3 heteroatoms. The molecule has 1 aliphatic rings. The fourth-order valence-corrected chi connectivity index (χ4v) is 2.11. The van der Waals surface area contributed by atoms with E-state index in [9.17, 15) is 0 Å². The Bertz CT molecular complexity index is 466. The van der Waals surface area contributed by atoms with Gasteiger partial charge in [0.1, 0.15) is 0 Å². The van der Waals surface area contributed by atoms with Gasteiger partial charge < -0.3 is 4.90 Å². The van der Waals surface area contributed by atoms with Gasteiger partial charge in [0.15, 0.2) is 0 Å². The molecule has 0 unspecified atom stereocenters. The summed E-state index contributed by atoms with van der Waals surface area (Å²) in [4.78, 5) is 2.32. The number of rotatable bonds is 3. The van der Waals surface area contributed by atoms with Gasteiger partial charge in [0.2, 0.25) is 0 Å². The third kappa shape index (κ3) is 2.39. The van der Waals surface area contributed by atoms with Crippen LogP contribution in [0.25, 0.3) is 5.57 Å². The van der Waals surface area contributed by atoms with Crippen molar-refractivity contribution in [3.8, 4) is 0 Å². The van der Waals surface area contributed by atoms with Gasteiger partial charge >= 0.3 is 0 Å². The number of nitrogens with zero attached hydrogens (tertiary/aromatic N) is 2. The predicted molar refractivity (Wildman–Crippen MR) is 71.6 cm³/mol. The van der Waals surface area contributed by atoms with E-state index >= 15 is 0 Å². The lowest BCUT2D eigenvalue weighted by atomic mass is 10.0. The lowest BCUT2D eigenvalue weighted by Gasteiger charge is -2.22. The fraction of sp³-hybridized carbons (Fsp3) is 0.357. The van der Waals surface area contributed by atoms with Gasteiger partial charge in [-0.25, -0.2) is 0 Å². The molecule has 1 aromatic rings. The zero-order chi connectivity index (χ0) is 12.3. The molecule has 0 saturated carbocycles. The van der Waals surface area contributed by atoms with Crippen molar-refractivity contribution in [1.82, 2.24) is 15.1 Å². The Morgan fingerprint density at radius 2 is 2.35 bits per heavy atom. The van der Waals surface area contributed by atoms with Crippen LogP contribution >= 0.6 is 0 Å². The highest BCUT2D eigenvalue weighted by Gasteiger charge is 2.20. The standard InChI is InChI=1S/C14H19N3/c1-4-6-7-11(5-2)14-12-10-17(3)9-8-13(12)15-16-14/h4-7H,2,8-10H2,1,3H3,(H,15,16)/b6-4-,11-7+. The Balaban J connectivity index is 2.39. The molecule has 2 rings (SSSR count). The number of hydrogen-bond acceptors (Lipinski definition) is 2. The van der Waals surface area contributed by atoms with Crippen LogP contribution in [0.15, 0.2) is 30.9 Å². The van der Waals surface area contributed by atoms with Gasteiger partial charge in [-0.3, -0.25) is 5.10 Å². The van der Waals surface area contributed by atoms with Gasteiger partial charge in [-0.2, -0.15) is 5.10 Å². The van der Waals surface area contributed by atoms with Crippen molar-refractivity contribution in [3.05, 3.63) is 47.8 Å². The first-order chi connectivity index (χ1) is 8.26. The van der Waals surface area contributed by atoms with Crippen molar-refractivity contribution in [3.63, 3.8) is 0 Å². The van der Waals surface area contributed by atoms with E-state index in [4.69, 9.17) is 0 Å². The van der Waals surface area contributed by atoms with Crippen LogP contribution in [0.4, 0.5) is 0 Å². The molecular weight excluding hydrogens is 210 g/mol. The Kier molecular flexibility index (Phi) is 3.59. The van der Waals surface area contributed by atoms with Crippen molar-refractivity contribution in [2.45, 2.75) is 19.9 Å².